The highest BCUT2D eigenvalue weighted by molar-refractivity contribution is 5.93. The highest BCUT2D eigenvalue weighted by Crippen LogP contribution is 2.56. The fourth-order valence-electron chi connectivity index (χ4n) is 12.2. The van der Waals surface area contributed by atoms with Crippen LogP contribution in [0.5, 0.6) is 5.75 Å². The first-order chi connectivity index (χ1) is 25.3. The smallest absolute Gasteiger partial charge is 0.319 e. The number of likely N-dealkylation sites (N-methyl/N-ethyl adjacent to an activating group) is 1. The lowest BCUT2D eigenvalue weighted by atomic mass is 9.56. The summed E-state index contributed by atoms with van der Waals surface area (Å²) >= 11 is 0. The molecule has 4 aromatic rings. The molecule has 3 unspecified atom stereocenters. The highest BCUT2D eigenvalue weighted by atomic mass is 16.5. The fraction of sp³-hybridized carbons (Fsp3) is 0.535. The van der Waals surface area contributed by atoms with E-state index in [1.807, 2.05) is 6.08 Å². The Morgan fingerprint density at radius 2 is 1.85 bits per heavy atom. The summed E-state index contributed by atoms with van der Waals surface area (Å²) in [7, 11) is 6.96. The average molecular weight is 705 g/mol. The number of methoxy groups -OCH3 is 3. The molecule has 4 aliphatic heterocycles. The Morgan fingerprint density at radius 3 is 2.60 bits per heavy atom. The first-order valence-corrected chi connectivity index (χ1v) is 19.3. The van der Waals surface area contributed by atoms with Crippen LogP contribution in [-0.4, -0.2) is 91.8 Å². The van der Waals surface area contributed by atoms with Gasteiger partial charge in [0.1, 0.15) is 11.2 Å². The van der Waals surface area contributed by atoms with Crippen molar-refractivity contribution in [2.24, 2.45) is 29.6 Å². The number of likely N-dealkylation sites (tertiary alicyclic amines) is 1. The Balaban J connectivity index is 1.27. The minimum Gasteiger partial charge on any atom is -0.496 e. The molecule has 6 bridgehead atoms. The predicted octanol–water partition coefficient (Wildman–Crippen LogP) is 6.34. The Hall–Kier alpha value is -4.08. The monoisotopic (exact) mass is 704 g/mol. The number of esters is 2. The number of aromatic amines is 2. The third kappa shape index (κ3) is 4.67. The molecule has 0 spiro atoms. The van der Waals surface area contributed by atoms with Gasteiger partial charge in [0.25, 0.3) is 0 Å². The van der Waals surface area contributed by atoms with Crippen molar-refractivity contribution in [3.05, 3.63) is 77.1 Å². The van der Waals surface area contributed by atoms with Gasteiger partial charge in [-0.05, 0) is 86.1 Å². The van der Waals surface area contributed by atoms with Crippen molar-refractivity contribution in [2.45, 2.75) is 68.9 Å². The number of fused-ring (bicyclic) bond motifs is 9. The van der Waals surface area contributed by atoms with E-state index in [4.69, 9.17) is 14.2 Å². The van der Waals surface area contributed by atoms with E-state index in [1.54, 1.807) is 14.2 Å². The van der Waals surface area contributed by atoms with Gasteiger partial charge in [0.2, 0.25) is 0 Å². The molecule has 2 aliphatic carbocycles. The van der Waals surface area contributed by atoms with Crippen LogP contribution in [0.1, 0.15) is 66.6 Å². The second kappa shape index (κ2) is 12.5. The van der Waals surface area contributed by atoms with E-state index in [0.717, 1.165) is 85.2 Å². The lowest BCUT2D eigenvalue weighted by Gasteiger charge is -2.57. The SMILES string of the molecule is C=CC1CN(C)[C@H]2Cc3c([nH]c4ccccc34)[C@H](c3cc4c5c([nH]c4cc3OC)[C@]3(C(=O)OC)C[C@@H]4C[C@H](CC)[C@@H]3N(CC5)C4)C[C@H]1C2C(=O)OC. The Bertz CT molecular complexity index is 2080. The van der Waals surface area contributed by atoms with Gasteiger partial charge in [-0.25, -0.2) is 0 Å². The molecular weight excluding hydrogens is 652 g/mol. The Kier molecular flexibility index (Phi) is 8.12. The highest BCUT2D eigenvalue weighted by Gasteiger charge is 2.63. The van der Waals surface area contributed by atoms with Gasteiger partial charge < -0.3 is 29.1 Å². The van der Waals surface area contributed by atoms with Crippen molar-refractivity contribution < 1.29 is 23.8 Å². The molecule has 52 heavy (non-hydrogen) atoms. The Morgan fingerprint density at radius 1 is 1.02 bits per heavy atom. The molecule has 0 radical (unpaired) electrons. The summed E-state index contributed by atoms with van der Waals surface area (Å²) in [5, 5.41) is 2.35. The summed E-state index contributed by atoms with van der Waals surface area (Å²) < 4.78 is 17.6. The number of hydrogen-bond acceptors (Lipinski definition) is 7. The molecule has 4 fully saturated rings. The van der Waals surface area contributed by atoms with Crippen molar-refractivity contribution in [2.75, 3.05) is 48.0 Å². The van der Waals surface area contributed by atoms with Crippen LogP contribution in [0.2, 0.25) is 0 Å². The topological polar surface area (TPSA) is 99.9 Å². The molecule has 2 aromatic carbocycles. The molecule has 0 amide bonds. The molecule has 10 atom stereocenters. The number of aromatic nitrogens is 2. The zero-order valence-corrected chi connectivity index (χ0v) is 31.2. The van der Waals surface area contributed by atoms with Crippen LogP contribution in [0, 0.1) is 29.6 Å². The number of rotatable bonds is 6. The maximum Gasteiger partial charge on any atom is 0.319 e. The second-order valence-electron chi connectivity index (χ2n) is 16.4. The molecule has 6 heterocycles. The number of piperidine rings is 3. The molecule has 9 nitrogen and oxygen atoms in total. The quantitative estimate of drug-likeness (QED) is 0.179. The van der Waals surface area contributed by atoms with Crippen LogP contribution >= 0.6 is 0 Å². The van der Waals surface area contributed by atoms with Crippen molar-refractivity contribution in [3.8, 4) is 5.75 Å². The van der Waals surface area contributed by atoms with Gasteiger partial charge in [0, 0.05) is 82.5 Å². The maximum atomic E-state index is 14.2. The van der Waals surface area contributed by atoms with E-state index in [1.165, 1.54) is 35.7 Å². The lowest BCUT2D eigenvalue weighted by molar-refractivity contribution is -0.162. The third-order valence-corrected chi connectivity index (χ3v) is 14.3. The van der Waals surface area contributed by atoms with E-state index < -0.39 is 5.41 Å². The van der Waals surface area contributed by atoms with Crippen LogP contribution in [-0.2, 0) is 37.3 Å². The zero-order chi connectivity index (χ0) is 36.1. The number of H-pyrrole nitrogens is 2. The van der Waals surface area contributed by atoms with Crippen molar-refractivity contribution >= 4 is 33.7 Å². The summed E-state index contributed by atoms with van der Waals surface area (Å²) in [5.41, 5.74) is 7.18. The van der Waals surface area contributed by atoms with Crippen molar-refractivity contribution in [3.63, 3.8) is 0 Å². The van der Waals surface area contributed by atoms with Crippen LogP contribution in [0.4, 0.5) is 0 Å². The standard InChI is InChI=1S/C43H52N4O5/c1-7-24-15-23-20-43(42(49)52-6)39-27(13-14-47(21-23)40(24)43)29-17-30(36(50-4)19-34(29)45-39)31-16-28-25(8-2)22-46(3)35(37(28)41(48)51-5)18-32-26-11-9-10-12-33(26)44-38(31)32/h8-12,17,19,23-25,28,31,35,37,40,44-45H,2,7,13-16,18,20-22H2,1,3-6H3/t23-,24-,25?,28+,31-,35-,37?,40-,43+/m0/s1. The van der Waals surface area contributed by atoms with E-state index in [-0.39, 0.29) is 47.7 Å². The Labute approximate surface area is 306 Å². The molecular formula is C43H52N4O5. The predicted molar refractivity (Wildman–Crippen MR) is 202 cm³/mol. The van der Waals surface area contributed by atoms with Crippen molar-refractivity contribution in [1.82, 2.24) is 19.8 Å². The van der Waals surface area contributed by atoms with E-state index >= 15 is 0 Å². The molecule has 9 heteroatoms. The lowest BCUT2D eigenvalue weighted by Crippen LogP contribution is -2.67. The molecule has 6 aliphatic rings. The maximum absolute atomic E-state index is 14.2. The third-order valence-electron chi connectivity index (χ3n) is 14.3. The molecule has 274 valence electrons. The second-order valence-corrected chi connectivity index (χ2v) is 16.4. The molecule has 10 rings (SSSR count). The van der Waals surface area contributed by atoms with E-state index in [2.05, 4.69) is 76.7 Å². The number of hydrogen-bond donors (Lipinski definition) is 2. The number of carbonyl (C=O) groups excluding carboxylic acids is 2. The van der Waals surface area contributed by atoms with Gasteiger partial charge in [-0.15, -0.1) is 6.58 Å². The summed E-state index contributed by atoms with van der Waals surface area (Å²) in [6.45, 7) is 9.35. The van der Waals surface area contributed by atoms with Gasteiger partial charge >= 0.3 is 11.9 Å². The zero-order valence-electron chi connectivity index (χ0n) is 31.2. The van der Waals surface area contributed by atoms with Gasteiger partial charge in [-0.2, -0.15) is 0 Å². The fourth-order valence-corrected chi connectivity index (χ4v) is 12.2. The van der Waals surface area contributed by atoms with Crippen LogP contribution in [0.15, 0.2) is 49.1 Å². The molecule has 2 aromatic heterocycles. The van der Waals surface area contributed by atoms with E-state index in [0.29, 0.717) is 11.8 Å². The number of benzene rings is 2. The van der Waals surface area contributed by atoms with Crippen LogP contribution < -0.4 is 4.74 Å². The largest absolute Gasteiger partial charge is 0.496 e. The number of para-hydroxylation sites is 1. The summed E-state index contributed by atoms with van der Waals surface area (Å²) in [6, 6.07) is 13.2. The molecule has 2 N–H and O–H groups in total. The summed E-state index contributed by atoms with van der Waals surface area (Å²) in [6.07, 6.45) is 7.41. The average Bonchev–Trinajstić information content (AvgIpc) is 3.69. The first kappa shape index (κ1) is 33.7. The van der Waals surface area contributed by atoms with Gasteiger partial charge in [0.15, 0.2) is 0 Å². The first-order valence-electron chi connectivity index (χ1n) is 19.3. The van der Waals surface area contributed by atoms with Crippen LogP contribution in [0.25, 0.3) is 21.8 Å². The summed E-state index contributed by atoms with van der Waals surface area (Å²) in [5.74, 6) is 1.21. The minimum absolute atomic E-state index is 0.00326. The van der Waals surface area contributed by atoms with E-state index in [9.17, 15) is 9.59 Å². The number of carbonyl (C=O) groups is 2. The van der Waals surface area contributed by atoms with Crippen molar-refractivity contribution in [1.29, 1.82) is 0 Å². The van der Waals surface area contributed by atoms with Gasteiger partial charge in [0.05, 0.1) is 27.2 Å². The van der Waals surface area contributed by atoms with Gasteiger partial charge in [-0.1, -0.05) is 37.6 Å². The van der Waals surface area contributed by atoms with Gasteiger partial charge in [-0.3, -0.25) is 14.5 Å². The number of nitrogens with one attached hydrogen (secondary N) is 2. The normalized spacial score (nSPS) is 33.8. The number of ether oxygens (including phenoxy) is 3. The number of nitrogens with zero attached hydrogens (tertiary/aromatic N) is 2. The molecule has 3 saturated heterocycles. The van der Waals surface area contributed by atoms with Crippen LogP contribution in [0.3, 0.4) is 0 Å². The summed E-state index contributed by atoms with van der Waals surface area (Å²) in [4.78, 5) is 40.7. The minimum atomic E-state index is -0.729. The molecule has 1 saturated carbocycles.